The molecule has 344 valence electrons. The lowest BCUT2D eigenvalue weighted by Crippen LogP contribution is -2.15. The van der Waals surface area contributed by atoms with Gasteiger partial charge in [-0.2, -0.15) is 0 Å². The topological polar surface area (TPSA) is 173 Å². The van der Waals surface area contributed by atoms with Crippen LogP contribution in [0.5, 0.6) is 0 Å². The van der Waals surface area contributed by atoms with Crippen LogP contribution in [0.2, 0.25) is 0 Å². The Morgan fingerprint density at radius 3 is 0.544 bits per heavy atom. The van der Waals surface area contributed by atoms with Crippen molar-refractivity contribution in [1.29, 1.82) is 0 Å². The van der Waals surface area contributed by atoms with Gasteiger partial charge in [0.05, 0.1) is 13.2 Å². The summed E-state index contributed by atoms with van der Waals surface area (Å²) in [5.74, 6) is -1.97. The van der Waals surface area contributed by atoms with E-state index in [1.807, 2.05) is 0 Å². The van der Waals surface area contributed by atoms with Crippen LogP contribution in [0.25, 0.3) is 0 Å². The van der Waals surface area contributed by atoms with Crippen molar-refractivity contribution in [1.82, 2.24) is 0 Å². The van der Waals surface area contributed by atoms with Gasteiger partial charge in [-0.15, -0.1) is 0 Å². The van der Waals surface area contributed by atoms with Crippen LogP contribution in [-0.2, 0) is 14.4 Å². The van der Waals surface area contributed by atoms with E-state index in [4.69, 9.17) is 30.6 Å². The van der Waals surface area contributed by atoms with Crippen molar-refractivity contribution in [2.24, 2.45) is 0 Å². The molecule has 0 aromatic carbocycles. The van der Waals surface area contributed by atoms with Gasteiger partial charge in [0.15, 0.2) is 0 Å². The first kappa shape index (κ1) is 61.9. The normalized spacial score (nSPS) is 10.6. The van der Waals surface area contributed by atoms with Gasteiger partial charge in [0, 0.05) is 19.3 Å². The zero-order valence-electron chi connectivity index (χ0n) is 38.0. The second-order valence-corrected chi connectivity index (χ2v) is 16.1. The molecule has 0 aliphatic heterocycles. The molecule has 0 rings (SSSR count). The number of carboxylic acid groups (broad SMARTS) is 3. The van der Waals surface area contributed by atoms with Crippen molar-refractivity contribution in [2.75, 3.05) is 13.2 Å². The SMILES string of the molecule is CCCCCCCCCCCCCCC(=O)O.CCCCCCCCCCCCCCC(=O)O.CCCCCCCCCCCCCCC(=O)O.OCC(O)CO. The standard InChI is InChI=1S/3C15H30O2.C3H8O3/c3*1-2-3-4-5-6-7-8-9-10-11-12-13-14-15(16)17;4-1-3(6)2-5/h3*2-14H2,1H3,(H,16,17);3-6H,1-2H2. The minimum atomic E-state index is -0.954. The summed E-state index contributed by atoms with van der Waals surface area (Å²) in [6.45, 7) is 6.03. The lowest BCUT2D eigenvalue weighted by Gasteiger charge is -2.02. The molecule has 0 amide bonds. The number of carbonyl (C=O) groups is 3. The van der Waals surface area contributed by atoms with Gasteiger partial charge in [0.2, 0.25) is 0 Å². The van der Waals surface area contributed by atoms with Crippen molar-refractivity contribution < 1.29 is 45.0 Å². The molecule has 57 heavy (non-hydrogen) atoms. The molecule has 6 N–H and O–H groups in total. The smallest absolute Gasteiger partial charge is 0.303 e. The third-order valence-electron chi connectivity index (χ3n) is 10.2. The second kappa shape index (κ2) is 58.6. The van der Waals surface area contributed by atoms with Crippen LogP contribution < -0.4 is 0 Å². The zero-order valence-corrected chi connectivity index (χ0v) is 38.0. The Bertz CT molecular complexity index is 668. The molecule has 0 saturated heterocycles. The van der Waals surface area contributed by atoms with Crippen LogP contribution in [-0.4, -0.2) is 67.9 Å². The highest BCUT2D eigenvalue weighted by Crippen LogP contribution is 2.15. The Labute approximate surface area is 352 Å². The Balaban J connectivity index is -0.000000344. The molecule has 0 atom stereocenters. The molecule has 0 aromatic rings. The molecular weight excluding hydrogens is 721 g/mol. The molecule has 0 aliphatic carbocycles. The van der Waals surface area contributed by atoms with Gasteiger partial charge in [0.1, 0.15) is 6.10 Å². The summed E-state index contributed by atoms with van der Waals surface area (Å²) in [6.07, 6.45) is 46.5. The Morgan fingerprint density at radius 2 is 0.439 bits per heavy atom. The Hall–Kier alpha value is -1.71. The second-order valence-electron chi connectivity index (χ2n) is 16.1. The fraction of sp³-hybridized carbons (Fsp3) is 0.938. The number of hydrogen-bond donors (Lipinski definition) is 6. The van der Waals surface area contributed by atoms with Gasteiger partial charge in [-0.3, -0.25) is 14.4 Å². The van der Waals surface area contributed by atoms with E-state index in [9.17, 15) is 14.4 Å². The molecule has 0 radical (unpaired) electrons. The molecule has 0 spiro atoms. The molecule has 0 heterocycles. The van der Waals surface area contributed by atoms with Gasteiger partial charge in [-0.25, -0.2) is 0 Å². The van der Waals surface area contributed by atoms with E-state index >= 15 is 0 Å². The predicted octanol–water partition coefficient (Wildman–Crippen LogP) is 13.8. The monoisotopic (exact) mass is 819 g/mol. The fourth-order valence-electron chi connectivity index (χ4n) is 6.41. The van der Waals surface area contributed by atoms with Crippen molar-refractivity contribution in [3.05, 3.63) is 0 Å². The van der Waals surface area contributed by atoms with E-state index in [1.165, 1.54) is 193 Å². The number of aliphatic hydroxyl groups excluding tert-OH is 3. The molecule has 0 fully saturated rings. The first-order chi connectivity index (χ1) is 27.6. The predicted molar refractivity (Wildman–Crippen MR) is 240 cm³/mol. The average Bonchev–Trinajstić information content (AvgIpc) is 3.19. The summed E-state index contributed by atoms with van der Waals surface area (Å²) < 4.78 is 0. The van der Waals surface area contributed by atoms with E-state index < -0.39 is 24.0 Å². The molecule has 0 aliphatic rings. The highest BCUT2D eigenvalue weighted by atomic mass is 16.4. The molecule has 9 heteroatoms. The van der Waals surface area contributed by atoms with E-state index in [-0.39, 0.29) is 13.2 Å². The van der Waals surface area contributed by atoms with Crippen molar-refractivity contribution >= 4 is 17.9 Å². The van der Waals surface area contributed by atoms with Crippen molar-refractivity contribution in [3.63, 3.8) is 0 Å². The summed E-state index contributed by atoms with van der Waals surface area (Å²) >= 11 is 0. The van der Waals surface area contributed by atoms with E-state index in [0.29, 0.717) is 19.3 Å². The van der Waals surface area contributed by atoms with Crippen LogP contribution >= 0.6 is 0 Å². The maximum absolute atomic E-state index is 10.3. The van der Waals surface area contributed by atoms with Crippen molar-refractivity contribution in [2.45, 2.75) is 277 Å². The van der Waals surface area contributed by atoms with Gasteiger partial charge in [-0.05, 0) is 19.3 Å². The average molecular weight is 819 g/mol. The molecule has 9 nitrogen and oxygen atoms in total. The van der Waals surface area contributed by atoms with Crippen LogP contribution in [0.3, 0.4) is 0 Å². The minimum Gasteiger partial charge on any atom is -0.481 e. The molecule has 0 saturated carbocycles. The van der Waals surface area contributed by atoms with Gasteiger partial charge < -0.3 is 30.6 Å². The van der Waals surface area contributed by atoms with Gasteiger partial charge in [0.25, 0.3) is 0 Å². The third kappa shape index (κ3) is 75.7. The number of carboxylic acids is 3. The van der Waals surface area contributed by atoms with E-state index in [0.717, 1.165) is 38.5 Å². The highest BCUT2D eigenvalue weighted by molar-refractivity contribution is 5.67. The number of aliphatic hydroxyl groups is 3. The lowest BCUT2D eigenvalue weighted by molar-refractivity contribution is -0.138. The number of aliphatic carboxylic acids is 3. The summed E-state index contributed by atoms with van der Waals surface area (Å²) in [4.78, 5) is 30.8. The van der Waals surface area contributed by atoms with Crippen molar-refractivity contribution in [3.8, 4) is 0 Å². The van der Waals surface area contributed by atoms with Gasteiger partial charge in [-0.1, -0.05) is 233 Å². The van der Waals surface area contributed by atoms with Crippen LogP contribution in [0.15, 0.2) is 0 Å². The first-order valence-corrected chi connectivity index (χ1v) is 24.2. The summed E-state index contributed by atoms with van der Waals surface area (Å²) in [5, 5.41) is 49.4. The first-order valence-electron chi connectivity index (χ1n) is 24.2. The zero-order chi connectivity index (χ0) is 43.3. The maximum Gasteiger partial charge on any atom is 0.303 e. The quantitative estimate of drug-likeness (QED) is 0.0328. The summed E-state index contributed by atoms with van der Waals surface area (Å²) in [6, 6.07) is 0. The summed E-state index contributed by atoms with van der Waals surface area (Å²) in [7, 11) is 0. The fourth-order valence-corrected chi connectivity index (χ4v) is 6.41. The molecular formula is C48H98O9. The molecule has 0 bridgehead atoms. The Morgan fingerprint density at radius 1 is 0.298 bits per heavy atom. The van der Waals surface area contributed by atoms with Crippen LogP contribution in [0.1, 0.15) is 271 Å². The summed E-state index contributed by atoms with van der Waals surface area (Å²) in [5.41, 5.74) is 0. The largest absolute Gasteiger partial charge is 0.481 e. The van der Waals surface area contributed by atoms with Crippen LogP contribution in [0.4, 0.5) is 0 Å². The van der Waals surface area contributed by atoms with E-state index in [2.05, 4.69) is 20.8 Å². The Kier molecular flexibility index (Phi) is 63.7. The number of hydrogen-bond acceptors (Lipinski definition) is 6. The minimum absolute atomic E-state index is 0.345. The molecule has 0 aromatic heterocycles. The van der Waals surface area contributed by atoms with Crippen LogP contribution in [0, 0.1) is 0 Å². The lowest BCUT2D eigenvalue weighted by atomic mass is 10.0. The number of rotatable bonds is 41. The maximum atomic E-state index is 10.3. The molecule has 0 unspecified atom stereocenters. The van der Waals surface area contributed by atoms with Gasteiger partial charge >= 0.3 is 17.9 Å². The number of unbranched alkanes of at least 4 members (excludes halogenated alkanes) is 33. The highest BCUT2D eigenvalue weighted by Gasteiger charge is 1.99. The van der Waals surface area contributed by atoms with E-state index in [1.54, 1.807) is 0 Å². The third-order valence-corrected chi connectivity index (χ3v) is 10.2.